The average molecular weight is 246 g/mol. The second kappa shape index (κ2) is 5.43. The molecule has 1 N–H and O–H groups in total. The molecule has 0 radical (unpaired) electrons. The molecule has 0 fully saturated rings. The largest absolute Gasteiger partial charge is 0.319 e. The van der Waals surface area contributed by atoms with Crippen LogP contribution in [0.25, 0.3) is 10.6 Å². The quantitative estimate of drug-likeness (QED) is 0.896. The Labute approximate surface area is 107 Å². The standard InChI is InChI=1S/C14H18N2S/c1-10-4-5-12(8-11(10)2)14-16-13(9-17-14)6-7-15-3/h4-5,8-9,15H,6-7H2,1-3H3. The molecule has 17 heavy (non-hydrogen) atoms. The van der Waals surface area contributed by atoms with E-state index in [1.807, 2.05) is 7.05 Å². The monoisotopic (exact) mass is 246 g/mol. The highest BCUT2D eigenvalue weighted by Crippen LogP contribution is 2.25. The van der Waals surface area contributed by atoms with Crippen LogP contribution in [0.5, 0.6) is 0 Å². The molecule has 0 saturated carbocycles. The van der Waals surface area contributed by atoms with Gasteiger partial charge in [0.2, 0.25) is 0 Å². The number of aromatic nitrogens is 1. The summed E-state index contributed by atoms with van der Waals surface area (Å²) in [5.41, 5.74) is 5.07. The minimum absolute atomic E-state index is 0.982. The molecule has 2 rings (SSSR count). The summed E-state index contributed by atoms with van der Waals surface area (Å²) in [5.74, 6) is 0. The number of likely N-dealkylation sites (N-methyl/N-ethyl adjacent to an activating group) is 1. The van der Waals surface area contributed by atoms with Gasteiger partial charge in [-0.3, -0.25) is 0 Å². The van der Waals surface area contributed by atoms with Crippen LogP contribution in [-0.2, 0) is 6.42 Å². The maximum atomic E-state index is 4.67. The van der Waals surface area contributed by atoms with Gasteiger partial charge in [0.1, 0.15) is 5.01 Å². The van der Waals surface area contributed by atoms with Gasteiger partial charge in [0.25, 0.3) is 0 Å². The lowest BCUT2D eigenvalue weighted by Crippen LogP contribution is -2.10. The topological polar surface area (TPSA) is 24.9 Å². The summed E-state index contributed by atoms with van der Waals surface area (Å²) in [6.45, 7) is 5.27. The van der Waals surface area contributed by atoms with Gasteiger partial charge in [-0.25, -0.2) is 4.98 Å². The predicted octanol–water partition coefficient (Wildman–Crippen LogP) is 3.19. The van der Waals surface area contributed by atoms with Crippen molar-refractivity contribution in [1.82, 2.24) is 10.3 Å². The molecule has 1 aromatic heterocycles. The van der Waals surface area contributed by atoms with E-state index in [4.69, 9.17) is 0 Å². The van der Waals surface area contributed by atoms with E-state index in [-0.39, 0.29) is 0 Å². The molecule has 0 amide bonds. The number of rotatable bonds is 4. The number of hydrogen-bond acceptors (Lipinski definition) is 3. The lowest BCUT2D eigenvalue weighted by molar-refractivity contribution is 0.780. The molecular formula is C14H18N2S. The molecule has 0 spiro atoms. The Hall–Kier alpha value is -1.19. The van der Waals surface area contributed by atoms with Gasteiger partial charge in [-0.05, 0) is 38.1 Å². The van der Waals surface area contributed by atoms with Crippen molar-refractivity contribution >= 4 is 11.3 Å². The number of thiazole rings is 1. The molecule has 2 aromatic rings. The molecule has 1 aromatic carbocycles. The smallest absolute Gasteiger partial charge is 0.123 e. The molecule has 0 aliphatic heterocycles. The lowest BCUT2D eigenvalue weighted by Gasteiger charge is -2.02. The SMILES string of the molecule is CNCCc1csc(-c2ccc(C)c(C)c2)n1. The van der Waals surface area contributed by atoms with E-state index in [0.717, 1.165) is 18.0 Å². The van der Waals surface area contributed by atoms with Crippen LogP contribution in [-0.4, -0.2) is 18.6 Å². The maximum absolute atomic E-state index is 4.67. The van der Waals surface area contributed by atoms with E-state index >= 15 is 0 Å². The minimum Gasteiger partial charge on any atom is -0.319 e. The second-order valence-electron chi connectivity index (χ2n) is 4.30. The van der Waals surface area contributed by atoms with Crippen molar-refractivity contribution in [2.24, 2.45) is 0 Å². The molecule has 0 atom stereocenters. The zero-order valence-corrected chi connectivity index (χ0v) is 11.4. The number of nitrogens with one attached hydrogen (secondary N) is 1. The normalized spacial score (nSPS) is 10.8. The van der Waals surface area contributed by atoms with Gasteiger partial charge in [-0.2, -0.15) is 0 Å². The van der Waals surface area contributed by atoms with Crippen LogP contribution in [0.15, 0.2) is 23.6 Å². The maximum Gasteiger partial charge on any atom is 0.123 e. The first-order valence-electron chi connectivity index (χ1n) is 5.87. The fraction of sp³-hybridized carbons (Fsp3) is 0.357. The summed E-state index contributed by atoms with van der Waals surface area (Å²) < 4.78 is 0. The van der Waals surface area contributed by atoms with Crippen LogP contribution in [0.2, 0.25) is 0 Å². The lowest BCUT2D eigenvalue weighted by atomic mass is 10.1. The highest BCUT2D eigenvalue weighted by atomic mass is 32.1. The third kappa shape index (κ3) is 2.93. The van der Waals surface area contributed by atoms with Gasteiger partial charge in [-0.15, -0.1) is 11.3 Å². The van der Waals surface area contributed by atoms with Gasteiger partial charge in [0.05, 0.1) is 5.69 Å². The summed E-state index contributed by atoms with van der Waals surface area (Å²) in [6.07, 6.45) is 0.998. The molecule has 1 heterocycles. The first kappa shape index (κ1) is 12.3. The summed E-state index contributed by atoms with van der Waals surface area (Å²) in [4.78, 5) is 4.67. The van der Waals surface area contributed by atoms with Gasteiger partial charge in [-0.1, -0.05) is 12.1 Å². The van der Waals surface area contributed by atoms with Gasteiger partial charge < -0.3 is 5.32 Å². The Kier molecular flexibility index (Phi) is 3.92. The average Bonchev–Trinajstić information content (AvgIpc) is 2.79. The zero-order chi connectivity index (χ0) is 12.3. The van der Waals surface area contributed by atoms with Crippen LogP contribution < -0.4 is 5.32 Å². The molecule has 0 bridgehead atoms. The third-order valence-corrected chi connectivity index (χ3v) is 3.88. The van der Waals surface area contributed by atoms with Crippen LogP contribution in [0, 0.1) is 13.8 Å². The van der Waals surface area contributed by atoms with Gasteiger partial charge in [0.15, 0.2) is 0 Å². The molecular weight excluding hydrogens is 228 g/mol. The Morgan fingerprint density at radius 3 is 2.76 bits per heavy atom. The Morgan fingerprint density at radius 1 is 1.24 bits per heavy atom. The van der Waals surface area contributed by atoms with Crippen molar-refractivity contribution in [2.75, 3.05) is 13.6 Å². The Bertz CT molecular complexity index is 503. The summed E-state index contributed by atoms with van der Waals surface area (Å²) in [5, 5.41) is 6.43. The van der Waals surface area contributed by atoms with Crippen LogP contribution >= 0.6 is 11.3 Å². The molecule has 0 saturated heterocycles. The summed E-state index contributed by atoms with van der Waals surface area (Å²) in [6, 6.07) is 6.54. The minimum atomic E-state index is 0.982. The molecule has 3 heteroatoms. The van der Waals surface area contributed by atoms with E-state index in [0.29, 0.717) is 0 Å². The summed E-state index contributed by atoms with van der Waals surface area (Å²) >= 11 is 1.73. The van der Waals surface area contributed by atoms with Gasteiger partial charge in [0, 0.05) is 23.9 Å². The Morgan fingerprint density at radius 2 is 2.06 bits per heavy atom. The first-order chi connectivity index (χ1) is 8.20. The molecule has 90 valence electrons. The van der Waals surface area contributed by atoms with Crippen molar-refractivity contribution in [3.63, 3.8) is 0 Å². The van der Waals surface area contributed by atoms with Crippen molar-refractivity contribution in [3.8, 4) is 10.6 Å². The Balaban J connectivity index is 2.21. The van der Waals surface area contributed by atoms with Crippen LogP contribution in [0.4, 0.5) is 0 Å². The first-order valence-corrected chi connectivity index (χ1v) is 6.75. The van der Waals surface area contributed by atoms with E-state index < -0.39 is 0 Å². The fourth-order valence-corrected chi connectivity index (χ4v) is 2.53. The van der Waals surface area contributed by atoms with E-state index in [9.17, 15) is 0 Å². The number of benzene rings is 1. The number of nitrogens with zero attached hydrogens (tertiary/aromatic N) is 1. The highest BCUT2D eigenvalue weighted by molar-refractivity contribution is 7.13. The number of aryl methyl sites for hydroxylation is 2. The molecule has 0 unspecified atom stereocenters. The van der Waals surface area contributed by atoms with E-state index in [1.165, 1.54) is 22.4 Å². The van der Waals surface area contributed by atoms with Crippen molar-refractivity contribution in [2.45, 2.75) is 20.3 Å². The van der Waals surface area contributed by atoms with E-state index in [2.05, 4.69) is 47.7 Å². The molecule has 2 nitrogen and oxygen atoms in total. The van der Waals surface area contributed by atoms with Crippen LogP contribution in [0.3, 0.4) is 0 Å². The van der Waals surface area contributed by atoms with Gasteiger partial charge >= 0.3 is 0 Å². The van der Waals surface area contributed by atoms with Crippen molar-refractivity contribution < 1.29 is 0 Å². The number of hydrogen-bond donors (Lipinski definition) is 1. The molecule has 0 aliphatic rings. The fourth-order valence-electron chi connectivity index (χ4n) is 1.68. The second-order valence-corrected chi connectivity index (χ2v) is 5.15. The third-order valence-electron chi connectivity index (χ3n) is 2.94. The van der Waals surface area contributed by atoms with Crippen LogP contribution in [0.1, 0.15) is 16.8 Å². The predicted molar refractivity (Wildman–Crippen MR) is 74.7 cm³/mol. The summed E-state index contributed by atoms with van der Waals surface area (Å²) in [7, 11) is 1.97. The van der Waals surface area contributed by atoms with Crippen molar-refractivity contribution in [3.05, 3.63) is 40.4 Å². The molecule has 0 aliphatic carbocycles. The zero-order valence-electron chi connectivity index (χ0n) is 10.6. The highest BCUT2D eigenvalue weighted by Gasteiger charge is 2.05. The van der Waals surface area contributed by atoms with E-state index in [1.54, 1.807) is 11.3 Å². The van der Waals surface area contributed by atoms with Crippen molar-refractivity contribution in [1.29, 1.82) is 0 Å².